The molecule has 3 amide bonds. The van der Waals surface area contributed by atoms with E-state index < -0.39 is 42.0 Å². The fourth-order valence-electron chi connectivity index (χ4n) is 4.62. The van der Waals surface area contributed by atoms with E-state index in [0.29, 0.717) is 0 Å². The van der Waals surface area contributed by atoms with Gasteiger partial charge in [0.1, 0.15) is 24.7 Å². The van der Waals surface area contributed by atoms with Crippen molar-refractivity contribution in [3.05, 3.63) is 144 Å². The number of benzene rings is 4. The van der Waals surface area contributed by atoms with Crippen molar-refractivity contribution in [3.8, 4) is 0 Å². The minimum atomic E-state index is -1.22. The average Bonchev–Trinajstić information content (AvgIpc) is 3.04. The second-order valence-electron chi connectivity index (χ2n) is 10.3. The number of amides is 3. The van der Waals surface area contributed by atoms with Crippen molar-refractivity contribution >= 4 is 23.9 Å². The Morgan fingerprint density at radius 1 is 0.500 bits per heavy atom. The van der Waals surface area contributed by atoms with E-state index in [-0.39, 0.29) is 25.9 Å². The molecule has 0 radical (unpaired) electrons. The van der Waals surface area contributed by atoms with E-state index in [1.165, 1.54) is 0 Å². The zero-order chi connectivity index (χ0) is 31.1. The third kappa shape index (κ3) is 10.1. The van der Waals surface area contributed by atoms with Gasteiger partial charge in [-0.3, -0.25) is 9.59 Å². The smallest absolute Gasteiger partial charge is 0.408 e. The van der Waals surface area contributed by atoms with E-state index in [1.807, 2.05) is 97.1 Å². The molecule has 0 spiro atoms. The molecule has 0 aliphatic heterocycles. The van der Waals surface area contributed by atoms with E-state index in [1.54, 1.807) is 24.3 Å². The number of rotatable bonds is 14. The van der Waals surface area contributed by atoms with Gasteiger partial charge in [0.15, 0.2) is 0 Å². The van der Waals surface area contributed by atoms with Crippen LogP contribution in [-0.4, -0.2) is 47.1 Å². The van der Waals surface area contributed by atoms with Gasteiger partial charge in [0, 0.05) is 19.3 Å². The lowest BCUT2D eigenvalue weighted by Crippen LogP contribution is -2.57. The quantitative estimate of drug-likeness (QED) is 0.174. The van der Waals surface area contributed by atoms with Crippen LogP contribution in [-0.2, 0) is 45.0 Å². The first-order valence-corrected chi connectivity index (χ1v) is 14.3. The third-order valence-corrected chi connectivity index (χ3v) is 6.92. The van der Waals surface area contributed by atoms with Gasteiger partial charge >= 0.3 is 12.1 Å². The van der Waals surface area contributed by atoms with E-state index in [9.17, 15) is 24.3 Å². The van der Waals surface area contributed by atoms with Crippen molar-refractivity contribution < 1.29 is 29.0 Å². The molecular formula is C35H35N3O6. The van der Waals surface area contributed by atoms with Gasteiger partial charge in [-0.15, -0.1) is 0 Å². The van der Waals surface area contributed by atoms with Gasteiger partial charge in [0.2, 0.25) is 11.8 Å². The first kappa shape index (κ1) is 31.5. The molecule has 0 heterocycles. The second kappa shape index (κ2) is 16.3. The highest BCUT2D eigenvalue weighted by atomic mass is 16.5. The topological polar surface area (TPSA) is 134 Å². The molecule has 0 fully saturated rings. The zero-order valence-corrected chi connectivity index (χ0v) is 24.1. The molecule has 0 saturated heterocycles. The lowest BCUT2D eigenvalue weighted by atomic mass is 10.0. The molecule has 0 aliphatic rings. The van der Waals surface area contributed by atoms with Crippen molar-refractivity contribution in [2.45, 2.75) is 44.0 Å². The Kier molecular flexibility index (Phi) is 11.6. The summed E-state index contributed by atoms with van der Waals surface area (Å²) < 4.78 is 5.36. The summed E-state index contributed by atoms with van der Waals surface area (Å²) in [6, 6.07) is 32.9. The second-order valence-corrected chi connectivity index (χ2v) is 10.3. The van der Waals surface area contributed by atoms with Crippen LogP contribution in [0.5, 0.6) is 0 Å². The van der Waals surface area contributed by atoms with Gasteiger partial charge in [-0.05, 0) is 22.3 Å². The minimum Gasteiger partial charge on any atom is -0.480 e. The summed E-state index contributed by atoms with van der Waals surface area (Å²) in [6.45, 7) is 0.0172. The van der Waals surface area contributed by atoms with Crippen molar-refractivity contribution in [3.63, 3.8) is 0 Å². The molecule has 3 atom stereocenters. The summed E-state index contributed by atoms with van der Waals surface area (Å²) in [5, 5.41) is 17.8. The minimum absolute atomic E-state index is 0.0172. The average molecular weight is 594 g/mol. The summed E-state index contributed by atoms with van der Waals surface area (Å²) in [7, 11) is 0. The molecule has 9 heteroatoms. The number of carbonyl (C=O) groups excluding carboxylic acids is 3. The molecule has 0 aromatic heterocycles. The molecule has 4 N–H and O–H groups in total. The molecule has 4 aromatic rings. The van der Waals surface area contributed by atoms with Crippen molar-refractivity contribution in [1.29, 1.82) is 0 Å². The molecular weight excluding hydrogens is 558 g/mol. The lowest BCUT2D eigenvalue weighted by Gasteiger charge is -2.25. The Balaban J connectivity index is 1.51. The van der Waals surface area contributed by atoms with E-state index in [4.69, 9.17) is 4.74 Å². The summed E-state index contributed by atoms with van der Waals surface area (Å²) in [6.07, 6.45) is -0.479. The van der Waals surface area contributed by atoms with Crippen LogP contribution in [0, 0.1) is 0 Å². The standard InChI is InChI=1S/C35H35N3O6/c39-32(37-31(34(41)42)23-27-17-9-3-10-18-27)29(21-25-13-5-1-6-14-25)36-33(40)30(22-26-15-7-2-8-16-26)38-35(43)44-24-28-19-11-4-12-20-28/h1-20,29-31H,21-24H2,(H,36,40)(H,37,39)(H,38,43)(H,41,42)/t29-,30-,31-/m0/s1. The monoisotopic (exact) mass is 593 g/mol. The van der Waals surface area contributed by atoms with Gasteiger partial charge in [0.25, 0.3) is 0 Å². The van der Waals surface area contributed by atoms with Crippen LogP contribution in [0.4, 0.5) is 4.79 Å². The molecule has 4 aromatic carbocycles. The number of ether oxygens (including phenoxy) is 1. The number of carboxylic acids is 1. The summed E-state index contributed by atoms with van der Waals surface area (Å²) in [4.78, 5) is 52.1. The third-order valence-electron chi connectivity index (χ3n) is 6.92. The highest BCUT2D eigenvalue weighted by Crippen LogP contribution is 2.10. The Labute approximate surface area is 256 Å². The summed E-state index contributed by atoms with van der Waals surface area (Å²) >= 11 is 0. The van der Waals surface area contributed by atoms with Crippen LogP contribution in [0.15, 0.2) is 121 Å². The fraction of sp³-hybridized carbons (Fsp3) is 0.200. The van der Waals surface area contributed by atoms with Crippen molar-refractivity contribution in [2.24, 2.45) is 0 Å². The maximum absolute atomic E-state index is 13.7. The summed E-state index contributed by atoms with van der Waals surface area (Å²) in [5.41, 5.74) is 3.08. The number of carbonyl (C=O) groups is 4. The summed E-state index contributed by atoms with van der Waals surface area (Å²) in [5.74, 6) is -2.47. The van der Waals surface area contributed by atoms with Crippen LogP contribution >= 0.6 is 0 Å². The van der Waals surface area contributed by atoms with Crippen LogP contribution in [0.2, 0.25) is 0 Å². The van der Waals surface area contributed by atoms with E-state index in [2.05, 4.69) is 16.0 Å². The van der Waals surface area contributed by atoms with Gasteiger partial charge < -0.3 is 25.8 Å². The number of alkyl carbamates (subject to hydrolysis) is 1. The number of nitrogens with one attached hydrogen (secondary N) is 3. The first-order valence-electron chi connectivity index (χ1n) is 14.3. The fourth-order valence-corrected chi connectivity index (χ4v) is 4.62. The lowest BCUT2D eigenvalue weighted by molar-refractivity contribution is -0.142. The molecule has 0 unspecified atom stereocenters. The van der Waals surface area contributed by atoms with Gasteiger partial charge in [-0.2, -0.15) is 0 Å². The predicted octanol–water partition coefficient (Wildman–Crippen LogP) is 4.06. The Morgan fingerprint density at radius 3 is 1.25 bits per heavy atom. The molecule has 0 saturated carbocycles. The molecule has 9 nitrogen and oxygen atoms in total. The van der Waals surface area contributed by atoms with Gasteiger partial charge in [-0.1, -0.05) is 121 Å². The van der Waals surface area contributed by atoms with Crippen LogP contribution in [0.25, 0.3) is 0 Å². The van der Waals surface area contributed by atoms with Crippen LogP contribution in [0.3, 0.4) is 0 Å². The number of hydrogen-bond donors (Lipinski definition) is 4. The van der Waals surface area contributed by atoms with E-state index in [0.717, 1.165) is 22.3 Å². The first-order chi connectivity index (χ1) is 21.4. The number of aliphatic carboxylic acids is 1. The van der Waals surface area contributed by atoms with Crippen molar-refractivity contribution in [1.82, 2.24) is 16.0 Å². The van der Waals surface area contributed by atoms with Crippen LogP contribution in [0.1, 0.15) is 22.3 Å². The maximum Gasteiger partial charge on any atom is 0.408 e. The SMILES string of the molecule is O=C(N[C@@H](Cc1ccccc1)C(=O)N[C@@H](Cc1ccccc1)C(=O)N[C@@H](Cc1ccccc1)C(=O)O)OCc1ccccc1. The molecule has 226 valence electrons. The Bertz CT molecular complexity index is 1500. The van der Waals surface area contributed by atoms with Crippen LogP contribution < -0.4 is 16.0 Å². The zero-order valence-electron chi connectivity index (χ0n) is 24.1. The molecule has 4 rings (SSSR count). The Morgan fingerprint density at radius 2 is 0.841 bits per heavy atom. The maximum atomic E-state index is 13.7. The predicted molar refractivity (Wildman–Crippen MR) is 165 cm³/mol. The highest BCUT2D eigenvalue weighted by Gasteiger charge is 2.30. The highest BCUT2D eigenvalue weighted by molar-refractivity contribution is 5.93. The van der Waals surface area contributed by atoms with Crippen molar-refractivity contribution in [2.75, 3.05) is 0 Å². The molecule has 0 bridgehead atoms. The number of carboxylic acid groups (broad SMARTS) is 1. The van der Waals surface area contributed by atoms with E-state index >= 15 is 0 Å². The number of hydrogen-bond acceptors (Lipinski definition) is 5. The van der Waals surface area contributed by atoms with Gasteiger partial charge in [0.05, 0.1) is 0 Å². The van der Waals surface area contributed by atoms with Gasteiger partial charge in [-0.25, -0.2) is 9.59 Å². The normalized spacial score (nSPS) is 12.6. The molecule has 44 heavy (non-hydrogen) atoms. The largest absolute Gasteiger partial charge is 0.480 e. The molecule has 0 aliphatic carbocycles. The Hall–Kier alpha value is -5.44.